The van der Waals surface area contributed by atoms with Crippen molar-refractivity contribution in [2.45, 2.75) is 13.5 Å². The first-order valence-electron chi connectivity index (χ1n) is 7.13. The molecule has 1 aromatic carbocycles. The monoisotopic (exact) mass is 330 g/mol. The molecule has 0 spiro atoms. The van der Waals surface area contributed by atoms with E-state index in [4.69, 9.17) is 11.6 Å². The van der Waals surface area contributed by atoms with Crippen molar-refractivity contribution in [3.63, 3.8) is 0 Å². The fourth-order valence-corrected chi connectivity index (χ4v) is 2.60. The van der Waals surface area contributed by atoms with Crippen molar-refractivity contribution < 1.29 is 4.79 Å². The molecule has 0 saturated heterocycles. The van der Waals surface area contributed by atoms with Crippen LogP contribution in [0.5, 0.6) is 0 Å². The minimum absolute atomic E-state index is 0.0907. The highest BCUT2D eigenvalue weighted by Gasteiger charge is 2.11. The van der Waals surface area contributed by atoms with Gasteiger partial charge < -0.3 is 14.9 Å². The predicted molar refractivity (Wildman–Crippen MR) is 89.5 cm³/mol. The fraction of sp³-hybridized carbons (Fsp3) is 0.188. The third kappa shape index (κ3) is 3.27. The van der Waals surface area contributed by atoms with Gasteiger partial charge in [0.15, 0.2) is 0 Å². The van der Waals surface area contributed by atoms with Crippen molar-refractivity contribution in [1.29, 1.82) is 0 Å². The van der Waals surface area contributed by atoms with Gasteiger partial charge in [0.25, 0.3) is 5.56 Å². The normalized spacial score (nSPS) is 10.9. The van der Waals surface area contributed by atoms with Crippen LogP contribution < -0.4 is 10.9 Å². The van der Waals surface area contributed by atoms with Crippen LogP contribution in [-0.4, -0.2) is 27.0 Å². The zero-order valence-electron chi connectivity index (χ0n) is 12.5. The summed E-state index contributed by atoms with van der Waals surface area (Å²) in [6, 6.07) is 7.13. The highest BCUT2D eigenvalue weighted by Crippen LogP contribution is 2.21. The van der Waals surface area contributed by atoms with E-state index in [1.54, 1.807) is 30.6 Å². The van der Waals surface area contributed by atoms with Crippen molar-refractivity contribution in [3.8, 4) is 11.4 Å². The van der Waals surface area contributed by atoms with Crippen LogP contribution in [-0.2, 0) is 11.3 Å². The number of aromatic amines is 1. The van der Waals surface area contributed by atoms with Crippen LogP contribution in [0.2, 0.25) is 5.02 Å². The molecule has 0 bridgehead atoms. The van der Waals surface area contributed by atoms with E-state index in [-0.39, 0.29) is 11.5 Å². The van der Waals surface area contributed by atoms with E-state index >= 15 is 0 Å². The molecule has 6 nitrogen and oxygen atoms in total. The van der Waals surface area contributed by atoms with Crippen molar-refractivity contribution in [2.24, 2.45) is 0 Å². The fourth-order valence-electron chi connectivity index (χ4n) is 2.43. The molecule has 0 aliphatic heterocycles. The van der Waals surface area contributed by atoms with Crippen LogP contribution in [0.3, 0.4) is 0 Å². The maximum Gasteiger partial charge on any atom is 0.259 e. The van der Waals surface area contributed by atoms with Crippen LogP contribution in [0.4, 0.5) is 0 Å². The summed E-state index contributed by atoms with van der Waals surface area (Å²) in [6.07, 6.45) is 3.41. The quantitative estimate of drug-likeness (QED) is 0.769. The number of pyridine rings is 1. The van der Waals surface area contributed by atoms with Gasteiger partial charge in [0, 0.05) is 42.9 Å². The summed E-state index contributed by atoms with van der Waals surface area (Å²) in [6.45, 7) is 2.47. The molecule has 0 unspecified atom stereocenters. The predicted octanol–water partition coefficient (Wildman–Crippen LogP) is 2.18. The molecule has 1 amide bonds. The minimum atomic E-state index is -0.230. The SMILES string of the molecule is CC(=O)NCCn1ccnc1-c1cc2ccc(Cl)cc2[nH]c1=O. The molecule has 23 heavy (non-hydrogen) atoms. The van der Waals surface area contributed by atoms with Gasteiger partial charge in [0.05, 0.1) is 5.56 Å². The van der Waals surface area contributed by atoms with Crippen LogP contribution >= 0.6 is 11.6 Å². The molecule has 0 radical (unpaired) electrons. The standard InChI is InChI=1S/C16H15ClN4O2/c1-10(22)18-4-6-21-7-5-19-15(21)13-8-11-2-3-12(17)9-14(11)20-16(13)23/h2-3,5,7-9H,4,6H2,1H3,(H,18,22)(H,20,23). The molecule has 0 aliphatic rings. The van der Waals surface area contributed by atoms with E-state index in [1.165, 1.54) is 6.92 Å². The van der Waals surface area contributed by atoms with E-state index in [9.17, 15) is 9.59 Å². The van der Waals surface area contributed by atoms with Crippen LogP contribution in [0.15, 0.2) is 41.5 Å². The number of H-pyrrole nitrogens is 1. The Morgan fingerprint density at radius 1 is 1.39 bits per heavy atom. The average Bonchev–Trinajstić information content (AvgIpc) is 2.94. The molecule has 2 aromatic heterocycles. The Bertz CT molecular complexity index is 929. The number of hydrogen-bond donors (Lipinski definition) is 2. The van der Waals surface area contributed by atoms with E-state index in [0.717, 1.165) is 5.39 Å². The maximum atomic E-state index is 12.4. The Morgan fingerprint density at radius 3 is 3.00 bits per heavy atom. The molecule has 2 N–H and O–H groups in total. The Morgan fingerprint density at radius 2 is 2.22 bits per heavy atom. The smallest absolute Gasteiger partial charge is 0.259 e. The summed E-state index contributed by atoms with van der Waals surface area (Å²) in [5, 5.41) is 4.17. The van der Waals surface area contributed by atoms with Gasteiger partial charge in [0.1, 0.15) is 5.82 Å². The number of imidazole rings is 1. The number of carbonyl (C=O) groups excluding carboxylic acids is 1. The summed E-state index contributed by atoms with van der Waals surface area (Å²) in [5.41, 5.74) is 0.932. The van der Waals surface area contributed by atoms with Gasteiger partial charge in [-0.3, -0.25) is 9.59 Å². The maximum absolute atomic E-state index is 12.4. The highest BCUT2D eigenvalue weighted by molar-refractivity contribution is 6.31. The number of nitrogens with zero attached hydrogens (tertiary/aromatic N) is 2. The zero-order valence-corrected chi connectivity index (χ0v) is 13.2. The van der Waals surface area contributed by atoms with Gasteiger partial charge in [-0.25, -0.2) is 4.98 Å². The summed E-state index contributed by atoms with van der Waals surface area (Å²) >= 11 is 5.95. The van der Waals surface area contributed by atoms with E-state index in [2.05, 4.69) is 15.3 Å². The summed E-state index contributed by atoms with van der Waals surface area (Å²) in [7, 11) is 0. The lowest BCUT2D eigenvalue weighted by molar-refractivity contribution is -0.118. The second-order valence-corrected chi connectivity index (χ2v) is 5.61. The molecule has 118 valence electrons. The summed E-state index contributed by atoms with van der Waals surface area (Å²) in [5.74, 6) is 0.473. The largest absolute Gasteiger partial charge is 0.355 e. The minimum Gasteiger partial charge on any atom is -0.355 e. The summed E-state index contributed by atoms with van der Waals surface area (Å²) in [4.78, 5) is 30.4. The molecule has 3 aromatic rings. The van der Waals surface area contributed by atoms with Gasteiger partial charge in [-0.05, 0) is 23.6 Å². The van der Waals surface area contributed by atoms with Crippen LogP contribution in [0.1, 0.15) is 6.92 Å². The number of rotatable bonds is 4. The molecule has 7 heteroatoms. The van der Waals surface area contributed by atoms with E-state index in [1.807, 2.05) is 10.6 Å². The van der Waals surface area contributed by atoms with Crippen molar-refractivity contribution >= 4 is 28.4 Å². The van der Waals surface area contributed by atoms with Gasteiger partial charge in [-0.15, -0.1) is 0 Å². The van der Waals surface area contributed by atoms with Crippen molar-refractivity contribution in [3.05, 3.63) is 52.0 Å². The molecular weight excluding hydrogens is 316 g/mol. The third-order valence-electron chi connectivity index (χ3n) is 3.49. The van der Waals surface area contributed by atoms with E-state index < -0.39 is 0 Å². The Labute approximate surface area is 137 Å². The van der Waals surface area contributed by atoms with Gasteiger partial charge in [-0.1, -0.05) is 17.7 Å². The number of aromatic nitrogens is 3. The Balaban J connectivity index is 1.99. The molecule has 0 saturated carbocycles. The number of benzene rings is 1. The zero-order chi connectivity index (χ0) is 16.4. The number of nitrogens with one attached hydrogen (secondary N) is 2. The Kier molecular flexibility index (Phi) is 4.16. The molecule has 0 fully saturated rings. The number of hydrogen-bond acceptors (Lipinski definition) is 3. The molecule has 0 atom stereocenters. The highest BCUT2D eigenvalue weighted by atomic mass is 35.5. The Hall–Kier alpha value is -2.60. The number of carbonyl (C=O) groups is 1. The van der Waals surface area contributed by atoms with Crippen molar-refractivity contribution in [2.75, 3.05) is 6.54 Å². The second-order valence-electron chi connectivity index (χ2n) is 5.17. The lowest BCUT2D eigenvalue weighted by Crippen LogP contribution is -2.24. The van der Waals surface area contributed by atoms with Crippen LogP contribution in [0, 0.1) is 0 Å². The molecule has 0 aliphatic carbocycles. The first kappa shape index (κ1) is 15.3. The number of halogens is 1. The average molecular weight is 331 g/mol. The lowest BCUT2D eigenvalue weighted by atomic mass is 10.1. The molecular formula is C16H15ClN4O2. The number of amides is 1. The topological polar surface area (TPSA) is 79.8 Å². The van der Waals surface area contributed by atoms with Crippen LogP contribution in [0.25, 0.3) is 22.3 Å². The molecule has 3 rings (SSSR count). The first-order valence-corrected chi connectivity index (χ1v) is 7.51. The van der Waals surface area contributed by atoms with Gasteiger partial charge in [0.2, 0.25) is 5.91 Å². The summed E-state index contributed by atoms with van der Waals surface area (Å²) < 4.78 is 1.84. The van der Waals surface area contributed by atoms with E-state index in [0.29, 0.717) is 35.0 Å². The number of fused-ring (bicyclic) bond motifs is 1. The lowest BCUT2D eigenvalue weighted by Gasteiger charge is -2.09. The van der Waals surface area contributed by atoms with Gasteiger partial charge >= 0.3 is 0 Å². The first-order chi connectivity index (χ1) is 11.0. The van der Waals surface area contributed by atoms with Gasteiger partial charge in [-0.2, -0.15) is 0 Å². The second kappa shape index (κ2) is 6.26. The third-order valence-corrected chi connectivity index (χ3v) is 3.73. The van der Waals surface area contributed by atoms with Crippen molar-refractivity contribution in [1.82, 2.24) is 19.9 Å². The molecule has 2 heterocycles.